The molecule has 2 unspecified atom stereocenters. The molecule has 0 spiro atoms. The molecule has 100 valence electrons. The Kier molecular flexibility index (Phi) is 2.63. The van der Waals surface area contributed by atoms with Crippen LogP contribution in [0.15, 0.2) is 27.3 Å². The average Bonchev–Trinajstić information content (AvgIpc) is 3.18. The summed E-state index contributed by atoms with van der Waals surface area (Å²) in [5.74, 6) is 1.61. The standard InChI is InChI=1S/C13H15N3O3/c1-3-9-8-18-11(7-16(9)5-1)12-14-13(19-15-12)10-4-2-6-17-10/h2,4,6,9,11H,1,3,5,7-8H2. The van der Waals surface area contributed by atoms with Crippen molar-refractivity contribution >= 4 is 0 Å². The van der Waals surface area contributed by atoms with Crippen LogP contribution in [0.2, 0.25) is 0 Å². The van der Waals surface area contributed by atoms with E-state index in [4.69, 9.17) is 13.7 Å². The van der Waals surface area contributed by atoms with Crippen LogP contribution in [-0.2, 0) is 4.74 Å². The molecule has 0 bridgehead atoms. The van der Waals surface area contributed by atoms with E-state index in [1.807, 2.05) is 0 Å². The van der Waals surface area contributed by atoms with Crippen molar-refractivity contribution in [2.45, 2.75) is 25.0 Å². The van der Waals surface area contributed by atoms with Gasteiger partial charge in [-0.3, -0.25) is 4.90 Å². The Labute approximate surface area is 110 Å². The van der Waals surface area contributed by atoms with Crippen LogP contribution in [0.5, 0.6) is 0 Å². The molecule has 2 aromatic rings. The summed E-state index contributed by atoms with van der Waals surface area (Å²) >= 11 is 0. The van der Waals surface area contributed by atoms with E-state index in [1.165, 1.54) is 12.8 Å². The summed E-state index contributed by atoms with van der Waals surface area (Å²) in [4.78, 5) is 6.82. The van der Waals surface area contributed by atoms with Gasteiger partial charge in [-0.15, -0.1) is 0 Å². The lowest BCUT2D eigenvalue weighted by molar-refractivity contribution is -0.0548. The van der Waals surface area contributed by atoms with Gasteiger partial charge in [0.15, 0.2) is 5.76 Å². The number of rotatable bonds is 2. The Morgan fingerprint density at radius 3 is 3.26 bits per heavy atom. The maximum absolute atomic E-state index is 5.85. The lowest BCUT2D eigenvalue weighted by Gasteiger charge is -2.33. The summed E-state index contributed by atoms with van der Waals surface area (Å²) in [7, 11) is 0. The van der Waals surface area contributed by atoms with Gasteiger partial charge in [0.1, 0.15) is 6.10 Å². The van der Waals surface area contributed by atoms with Crippen molar-refractivity contribution in [2.75, 3.05) is 19.7 Å². The maximum atomic E-state index is 5.85. The second-order valence-corrected chi connectivity index (χ2v) is 5.05. The Morgan fingerprint density at radius 2 is 2.37 bits per heavy atom. The van der Waals surface area contributed by atoms with Crippen LogP contribution in [-0.4, -0.2) is 40.8 Å². The summed E-state index contributed by atoms with van der Waals surface area (Å²) in [6.45, 7) is 2.75. The highest BCUT2D eigenvalue weighted by Crippen LogP contribution is 2.29. The predicted molar refractivity (Wildman–Crippen MR) is 65.3 cm³/mol. The fraction of sp³-hybridized carbons (Fsp3) is 0.538. The number of ether oxygens (including phenoxy) is 1. The molecule has 0 saturated carbocycles. The monoisotopic (exact) mass is 261 g/mol. The van der Waals surface area contributed by atoms with E-state index in [9.17, 15) is 0 Å². The number of hydrogen-bond acceptors (Lipinski definition) is 6. The van der Waals surface area contributed by atoms with E-state index in [0.29, 0.717) is 23.5 Å². The number of morpholine rings is 1. The second-order valence-electron chi connectivity index (χ2n) is 5.05. The smallest absolute Gasteiger partial charge is 0.293 e. The molecule has 4 heterocycles. The quantitative estimate of drug-likeness (QED) is 0.822. The van der Waals surface area contributed by atoms with Crippen molar-refractivity contribution in [2.24, 2.45) is 0 Å². The zero-order valence-electron chi connectivity index (χ0n) is 10.5. The van der Waals surface area contributed by atoms with Gasteiger partial charge in [-0.1, -0.05) is 5.16 Å². The van der Waals surface area contributed by atoms with Gasteiger partial charge in [0.25, 0.3) is 5.89 Å². The first kappa shape index (κ1) is 11.2. The normalized spacial score (nSPS) is 27.6. The number of hydrogen-bond donors (Lipinski definition) is 0. The Hall–Kier alpha value is -1.66. The molecule has 0 aliphatic carbocycles. The highest BCUT2D eigenvalue weighted by atomic mass is 16.5. The van der Waals surface area contributed by atoms with Crippen molar-refractivity contribution in [1.82, 2.24) is 15.0 Å². The Balaban J connectivity index is 1.53. The van der Waals surface area contributed by atoms with Gasteiger partial charge in [0.05, 0.1) is 12.9 Å². The van der Waals surface area contributed by atoms with Gasteiger partial charge in [-0.2, -0.15) is 4.98 Å². The molecule has 0 radical (unpaired) electrons. The molecule has 2 aromatic heterocycles. The molecule has 4 rings (SSSR count). The van der Waals surface area contributed by atoms with Gasteiger partial charge >= 0.3 is 0 Å². The number of nitrogens with zero attached hydrogens (tertiary/aromatic N) is 3. The lowest BCUT2D eigenvalue weighted by atomic mass is 10.2. The molecule has 2 saturated heterocycles. The predicted octanol–water partition coefficient (Wildman–Crippen LogP) is 1.87. The average molecular weight is 261 g/mol. The van der Waals surface area contributed by atoms with Crippen LogP contribution in [0.3, 0.4) is 0 Å². The van der Waals surface area contributed by atoms with Gasteiger partial charge < -0.3 is 13.7 Å². The third kappa shape index (κ3) is 1.97. The van der Waals surface area contributed by atoms with Crippen molar-refractivity contribution in [1.29, 1.82) is 0 Å². The van der Waals surface area contributed by atoms with E-state index in [2.05, 4.69) is 15.0 Å². The number of fused-ring (bicyclic) bond motifs is 1. The molecule has 2 aliphatic rings. The topological polar surface area (TPSA) is 64.5 Å². The molecule has 6 nitrogen and oxygen atoms in total. The minimum absolute atomic E-state index is 0.0955. The van der Waals surface area contributed by atoms with Crippen LogP contribution in [0.4, 0.5) is 0 Å². The molecule has 6 heteroatoms. The Morgan fingerprint density at radius 1 is 1.37 bits per heavy atom. The summed E-state index contributed by atoms with van der Waals surface area (Å²) in [5, 5.41) is 4.01. The third-order valence-electron chi connectivity index (χ3n) is 3.85. The molecule has 0 N–H and O–H groups in total. The van der Waals surface area contributed by atoms with Gasteiger partial charge in [0.2, 0.25) is 5.82 Å². The zero-order valence-corrected chi connectivity index (χ0v) is 10.5. The summed E-state index contributed by atoms with van der Waals surface area (Å²) in [6, 6.07) is 4.17. The first-order valence-electron chi connectivity index (χ1n) is 6.63. The van der Waals surface area contributed by atoms with Crippen molar-refractivity contribution in [3.8, 4) is 11.7 Å². The van der Waals surface area contributed by atoms with E-state index < -0.39 is 0 Å². The zero-order chi connectivity index (χ0) is 12.7. The number of aromatic nitrogens is 2. The molecule has 0 amide bonds. The van der Waals surface area contributed by atoms with Gasteiger partial charge in [-0.25, -0.2) is 0 Å². The molecular weight excluding hydrogens is 246 g/mol. The summed E-state index contributed by atoms with van der Waals surface area (Å²) < 4.78 is 16.3. The molecular formula is C13H15N3O3. The van der Waals surface area contributed by atoms with Crippen molar-refractivity contribution in [3.63, 3.8) is 0 Å². The second kappa shape index (κ2) is 4.47. The molecule has 19 heavy (non-hydrogen) atoms. The first-order chi connectivity index (χ1) is 9.40. The molecule has 2 fully saturated rings. The first-order valence-corrected chi connectivity index (χ1v) is 6.63. The van der Waals surface area contributed by atoms with E-state index in [0.717, 1.165) is 19.7 Å². The van der Waals surface area contributed by atoms with Crippen LogP contribution < -0.4 is 0 Å². The molecule has 0 aromatic carbocycles. The Bertz CT molecular complexity index is 551. The largest absolute Gasteiger partial charge is 0.459 e. The van der Waals surface area contributed by atoms with Crippen LogP contribution in [0, 0.1) is 0 Å². The van der Waals surface area contributed by atoms with Crippen LogP contribution in [0.1, 0.15) is 24.8 Å². The van der Waals surface area contributed by atoms with E-state index >= 15 is 0 Å². The molecule has 2 aliphatic heterocycles. The highest BCUT2D eigenvalue weighted by molar-refractivity contribution is 5.42. The minimum atomic E-state index is -0.0955. The summed E-state index contributed by atoms with van der Waals surface area (Å²) in [6.07, 6.45) is 3.98. The lowest BCUT2D eigenvalue weighted by Crippen LogP contribution is -2.42. The summed E-state index contributed by atoms with van der Waals surface area (Å²) in [5.41, 5.74) is 0. The van der Waals surface area contributed by atoms with E-state index in [1.54, 1.807) is 18.4 Å². The third-order valence-corrected chi connectivity index (χ3v) is 3.85. The van der Waals surface area contributed by atoms with Crippen molar-refractivity contribution in [3.05, 3.63) is 24.2 Å². The molecule has 2 atom stereocenters. The maximum Gasteiger partial charge on any atom is 0.293 e. The van der Waals surface area contributed by atoms with Crippen LogP contribution >= 0.6 is 0 Å². The fourth-order valence-corrected chi connectivity index (χ4v) is 2.84. The van der Waals surface area contributed by atoms with Crippen LogP contribution in [0.25, 0.3) is 11.7 Å². The fourth-order valence-electron chi connectivity index (χ4n) is 2.84. The minimum Gasteiger partial charge on any atom is -0.459 e. The van der Waals surface area contributed by atoms with Gasteiger partial charge in [-0.05, 0) is 31.5 Å². The highest BCUT2D eigenvalue weighted by Gasteiger charge is 2.35. The van der Waals surface area contributed by atoms with Gasteiger partial charge in [0, 0.05) is 12.6 Å². The van der Waals surface area contributed by atoms with E-state index in [-0.39, 0.29) is 6.10 Å². The number of furan rings is 1. The SMILES string of the molecule is c1coc(-c2nc(C3CN4CCCC4CO3)no2)c1. The van der Waals surface area contributed by atoms with Crippen molar-refractivity contribution < 1.29 is 13.7 Å².